The minimum atomic E-state index is 0.00743. The third kappa shape index (κ3) is 3.42. The average molecular weight is 418 g/mol. The van der Waals surface area contributed by atoms with Gasteiger partial charge in [0.05, 0.1) is 8.66 Å². The lowest BCUT2D eigenvalue weighted by Gasteiger charge is -2.21. The van der Waals surface area contributed by atoms with Gasteiger partial charge in [0, 0.05) is 22.4 Å². The Balaban J connectivity index is 2.32. The van der Waals surface area contributed by atoms with E-state index in [0.29, 0.717) is 17.1 Å². The van der Waals surface area contributed by atoms with Crippen molar-refractivity contribution in [1.29, 1.82) is 0 Å². The van der Waals surface area contributed by atoms with Crippen molar-refractivity contribution in [3.8, 4) is 0 Å². The first-order valence-electron chi connectivity index (χ1n) is 6.15. The molecule has 0 bridgehead atoms. The Hall–Kier alpha value is -0.850. The number of hydrogen-bond acceptors (Lipinski definition) is 3. The van der Waals surface area contributed by atoms with Crippen LogP contribution in [0.15, 0.2) is 38.6 Å². The van der Waals surface area contributed by atoms with Crippen LogP contribution < -0.4 is 10.6 Å². The van der Waals surface area contributed by atoms with Crippen LogP contribution in [0.4, 0.5) is 11.4 Å². The molecule has 1 heterocycles. The highest BCUT2D eigenvalue weighted by atomic mass is 79.9. The van der Waals surface area contributed by atoms with E-state index in [1.54, 1.807) is 4.90 Å². The Bertz CT molecular complexity index is 591. The maximum absolute atomic E-state index is 12.6. The second-order valence-electron chi connectivity index (χ2n) is 4.28. The molecular weight excluding hydrogens is 404 g/mol. The number of carbonyl (C=O) groups excluding carboxylic acids is 1. The van der Waals surface area contributed by atoms with Crippen LogP contribution in [-0.2, 0) is 0 Å². The molecule has 106 valence electrons. The molecule has 0 atom stereocenters. The van der Waals surface area contributed by atoms with Gasteiger partial charge in [0.15, 0.2) is 0 Å². The SMILES string of the molecule is CCCN(C(=O)c1cc(Br)c(Br)s1)c1ccc(N)cc1. The second kappa shape index (κ2) is 6.74. The largest absolute Gasteiger partial charge is 0.399 e. The smallest absolute Gasteiger partial charge is 0.268 e. The number of anilines is 2. The van der Waals surface area contributed by atoms with Gasteiger partial charge in [-0.2, -0.15) is 0 Å². The molecule has 1 amide bonds. The van der Waals surface area contributed by atoms with E-state index in [0.717, 1.165) is 20.4 Å². The van der Waals surface area contributed by atoms with Crippen molar-refractivity contribution in [2.45, 2.75) is 13.3 Å². The van der Waals surface area contributed by atoms with Crippen molar-refractivity contribution < 1.29 is 4.79 Å². The Morgan fingerprint density at radius 2 is 1.95 bits per heavy atom. The summed E-state index contributed by atoms with van der Waals surface area (Å²) in [5, 5.41) is 0. The van der Waals surface area contributed by atoms with Crippen LogP contribution in [-0.4, -0.2) is 12.5 Å². The highest BCUT2D eigenvalue weighted by Gasteiger charge is 2.20. The van der Waals surface area contributed by atoms with Gasteiger partial charge in [0.1, 0.15) is 0 Å². The predicted molar refractivity (Wildman–Crippen MR) is 92.5 cm³/mol. The predicted octanol–water partition coefficient (Wildman–Crippen LogP) is 4.91. The van der Waals surface area contributed by atoms with Crippen molar-refractivity contribution in [2.24, 2.45) is 0 Å². The first kappa shape index (κ1) is 15.5. The second-order valence-corrected chi connectivity index (χ2v) is 7.51. The highest BCUT2D eigenvalue weighted by Crippen LogP contribution is 2.33. The summed E-state index contributed by atoms with van der Waals surface area (Å²) in [6.07, 6.45) is 0.893. The first-order valence-corrected chi connectivity index (χ1v) is 8.55. The van der Waals surface area contributed by atoms with Gasteiger partial charge in [0.25, 0.3) is 5.91 Å². The molecule has 2 aromatic rings. The summed E-state index contributed by atoms with van der Waals surface area (Å²) in [4.78, 5) is 15.1. The summed E-state index contributed by atoms with van der Waals surface area (Å²) in [6, 6.07) is 9.22. The lowest BCUT2D eigenvalue weighted by Crippen LogP contribution is -2.31. The maximum Gasteiger partial charge on any atom is 0.268 e. The van der Waals surface area contributed by atoms with Crippen molar-refractivity contribution in [2.75, 3.05) is 17.2 Å². The summed E-state index contributed by atoms with van der Waals surface area (Å²) < 4.78 is 1.83. The minimum Gasteiger partial charge on any atom is -0.399 e. The van der Waals surface area contributed by atoms with Gasteiger partial charge in [-0.05, 0) is 68.6 Å². The van der Waals surface area contributed by atoms with Crippen molar-refractivity contribution in [3.63, 3.8) is 0 Å². The monoisotopic (exact) mass is 416 g/mol. The molecule has 0 saturated heterocycles. The number of nitrogens with two attached hydrogens (primary N) is 1. The van der Waals surface area contributed by atoms with Crippen LogP contribution in [0.2, 0.25) is 0 Å². The molecule has 0 unspecified atom stereocenters. The Morgan fingerprint density at radius 3 is 2.45 bits per heavy atom. The minimum absolute atomic E-state index is 0.00743. The quantitative estimate of drug-likeness (QED) is 0.718. The van der Waals surface area contributed by atoms with E-state index < -0.39 is 0 Å². The molecule has 6 heteroatoms. The van der Waals surface area contributed by atoms with Crippen LogP contribution >= 0.6 is 43.2 Å². The molecule has 3 nitrogen and oxygen atoms in total. The average Bonchev–Trinajstić information content (AvgIpc) is 2.77. The molecule has 20 heavy (non-hydrogen) atoms. The lowest BCUT2D eigenvalue weighted by molar-refractivity contribution is 0.0990. The number of nitrogen functional groups attached to an aromatic ring is 1. The molecule has 0 radical (unpaired) electrons. The number of rotatable bonds is 4. The molecule has 1 aromatic heterocycles. The number of benzene rings is 1. The molecular formula is C14H14Br2N2OS. The van der Waals surface area contributed by atoms with E-state index in [4.69, 9.17) is 5.73 Å². The van der Waals surface area contributed by atoms with E-state index in [1.807, 2.05) is 30.3 Å². The topological polar surface area (TPSA) is 46.3 Å². The van der Waals surface area contributed by atoms with Gasteiger partial charge in [-0.3, -0.25) is 4.79 Å². The lowest BCUT2D eigenvalue weighted by atomic mass is 10.2. The number of halogens is 2. The number of nitrogens with zero attached hydrogens (tertiary/aromatic N) is 1. The summed E-state index contributed by atoms with van der Waals surface area (Å²) >= 11 is 8.27. The van der Waals surface area contributed by atoms with Gasteiger partial charge in [-0.15, -0.1) is 11.3 Å². The summed E-state index contributed by atoms with van der Waals surface area (Å²) in [5.74, 6) is 0.00743. The van der Waals surface area contributed by atoms with Crippen LogP contribution in [0.1, 0.15) is 23.0 Å². The third-order valence-corrected chi connectivity index (χ3v) is 6.00. The number of thiophene rings is 1. The maximum atomic E-state index is 12.6. The zero-order valence-electron chi connectivity index (χ0n) is 10.9. The molecule has 0 aliphatic rings. The molecule has 2 N–H and O–H groups in total. The van der Waals surface area contributed by atoms with Crippen LogP contribution in [0.5, 0.6) is 0 Å². The molecule has 1 aromatic carbocycles. The van der Waals surface area contributed by atoms with Crippen molar-refractivity contribution in [3.05, 3.63) is 43.5 Å². The third-order valence-electron chi connectivity index (χ3n) is 2.75. The zero-order chi connectivity index (χ0) is 14.7. The zero-order valence-corrected chi connectivity index (χ0v) is 14.9. The Labute approximate surface area is 139 Å². The van der Waals surface area contributed by atoms with Crippen LogP contribution in [0.25, 0.3) is 0 Å². The van der Waals surface area contributed by atoms with E-state index >= 15 is 0 Å². The van der Waals surface area contributed by atoms with E-state index in [9.17, 15) is 4.79 Å². The Morgan fingerprint density at radius 1 is 1.30 bits per heavy atom. The Kier molecular flexibility index (Phi) is 5.23. The van der Waals surface area contributed by atoms with Crippen LogP contribution in [0.3, 0.4) is 0 Å². The van der Waals surface area contributed by atoms with Gasteiger partial charge < -0.3 is 10.6 Å². The van der Waals surface area contributed by atoms with Crippen LogP contribution in [0, 0.1) is 0 Å². The first-order chi connectivity index (χ1) is 9.52. The molecule has 0 aliphatic heterocycles. The normalized spacial score (nSPS) is 10.6. The van der Waals surface area contributed by atoms with Gasteiger partial charge in [-0.25, -0.2) is 0 Å². The number of carbonyl (C=O) groups is 1. The van der Waals surface area contributed by atoms with Crippen molar-refractivity contribution in [1.82, 2.24) is 0 Å². The number of hydrogen-bond donors (Lipinski definition) is 1. The fraction of sp³-hybridized carbons (Fsp3) is 0.214. The standard InChI is InChI=1S/C14H14Br2N2OS/c1-2-7-18(10-5-3-9(17)4-6-10)14(19)12-8-11(15)13(16)20-12/h3-6,8H,2,7,17H2,1H3. The van der Waals surface area contributed by atoms with E-state index in [-0.39, 0.29) is 5.91 Å². The fourth-order valence-electron chi connectivity index (χ4n) is 1.81. The van der Waals surface area contributed by atoms with Gasteiger partial charge >= 0.3 is 0 Å². The molecule has 0 aliphatic carbocycles. The summed E-state index contributed by atoms with van der Waals surface area (Å²) in [7, 11) is 0. The highest BCUT2D eigenvalue weighted by molar-refractivity contribution is 9.13. The van der Waals surface area contributed by atoms with Gasteiger partial charge in [-0.1, -0.05) is 6.92 Å². The number of amides is 1. The van der Waals surface area contributed by atoms with E-state index in [1.165, 1.54) is 11.3 Å². The van der Waals surface area contributed by atoms with Crippen molar-refractivity contribution >= 4 is 60.5 Å². The summed E-state index contributed by atoms with van der Waals surface area (Å²) in [6.45, 7) is 2.73. The van der Waals surface area contributed by atoms with E-state index in [2.05, 4.69) is 38.8 Å². The molecule has 0 spiro atoms. The van der Waals surface area contributed by atoms with Gasteiger partial charge in [0.2, 0.25) is 0 Å². The molecule has 0 fully saturated rings. The fourth-order valence-corrected chi connectivity index (χ4v) is 3.80. The molecule has 2 rings (SSSR count). The molecule has 0 saturated carbocycles. The summed E-state index contributed by atoms with van der Waals surface area (Å²) in [5.41, 5.74) is 7.26.